The Morgan fingerprint density at radius 2 is 2.00 bits per heavy atom. The molecule has 0 spiro atoms. The fourth-order valence-electron chi connectivity index (χ4n) is 2.27. The van der Waals surface area contributed by atoms with Gasteiger partial charge in [0.15, 0.2) is 0 Å². The minimum absolute atomic E-state index is 0.0984. The van der Waals surface area contributed by atoms with Crippen molar-refractivity contribution in [3.63, 3.8) is 0 Å². The van der Waals surface area contributed by atoms with E-state index in [1.54, 1.807) is 0 Å². The molecule has 1 saturated carbocycles. The average Bonchev–Trinajstić information content (AvgIpc) is 3.14. The van der Waals surface area contributed by atoms with Crippen LogP contribution in [-0.4, -0.2) is 17.3 Å². The van der Waals surface area contributed by atoms with Crippen LogP contribution in [0.25, 0.3) is 0 Å². The van der Waals surface area contributed by atoms with Crippen molar-refractivity contribution in [3.8, 4) is 0 Å². The third-order valence-corrected chi connectivity index (χ3v) is 4.07. The smallest absolute Gasteiger partial charge is 0.0613 e. The molecule has 1 aromatic carbocycles. The van der Waals surface area contributed by atoms with Crippen LogP contribution in [0.3, 0.4) is 0 Å². The number of hydrogen-bond acceptors (Lipinski definition) is 2. The van der Waals surface area contributed by atoms with E-state index in [-0.39, 0.29) is 12.1 Å². The van der Waals surface area contributed by atoms with Crippen molar-refractivity contribution in [3.05, 3.63) is 34.9 Å². The molecule has 2 N–H and O–H groups in total. The highest BCUT2D eigenvalue weighted by molar-refractivity contribution is 5.29. The second-order valence-corrected chi connectivity index (χ2v) is 5.62. The van der Waals surface area contributed by atoms with Gasteiger partial charge in [-0.05, 0) is 56.2 Å². The van der Waals surface area contributed by atoms with Crippen LogP contribution >= 0.6 is 0 Å². The summed E-state index contributed by atoms with van der Waals surface area (Å²) in [6.07, 6.45) is 2.49. The summed E-state index contributed by atoms with van der Waals surface area (Å²) >= 11 is 0. The number of aliphatic hydroxyl groups excluding tert-OH is 1. The molecule has 0 aliphatic heterocycles. The average molecular weight is 233 g/mol. The second-order valence-electron chi connectivity index (χ2n) is 5.62. The van der Waals surface area contributed by atoms with Gasteiger partial charge in [0.1, 0.15) is 0 Å². The highest BCUT2D eigenvalue weighted by Crippen LogP contribution is 2.39. The Morgan fingerprint density at radius 1 is 1.29 bits per heavy atom. The number of aryl methyl sites for hydroxylation is 2. The molecule has 2 heteroatoms. The largest absolute Gasteiger partial charge is 0.394 e. The highest BCUT2D eigenvalue weighted by atomic mass is 16.3. The van der Waals surface area contributed by atoms with E-state index in [0.717, 1.165) is 6.54 Å². The second kappa shape index (κ2) is 4.79. The maximum atomic E-state index is 9.51. The molecule has 0 aromatic heterocycles. The first-order chi connectivity index (χ1) is 8.05. The quantitative estimate of drug-likeness (QED) is 0.819. The molecule has 0 amide bonds. The van der Waals surface area contributed by atoms with Crippen LogP contribution in [0.15, 0.2) is 18.2 Å². The van der Waals surface area contributed by atoms with E-state index >= 15 is 0 Å². The van der Waals surface area contributed by atoms with E-state index in [1.165, 1.54) is 29.5 Å². The number of hydrogen-bond donors (Lipinski definition) is 2. The molecule has 1 fully saturated rings. The summed E-state index contributed by atoms with van der Waals surface area (Å²) in [5.41, 5.74) is 3.87. The van der Waals surface area contributed by atoms with Crippen LogP contribution in [0, 0.1) is 19.8 Å². The lowest BCUT2D eigenvalue weighted by Crippen LogP contribution is -2.47. The summed E-state index contributed by atoms with van der Waals surface area (Å²) in [6.45, 7) is 7.47. The zero-order valence-electron chi connectivity index (χ0n) is 11.1. The van der Waals surface area contributed by atoms with E-state index in [2.05, 4.69) is 44.3 Å². The molecule has 1 unspecified atom stereocenters. The number of rotatable bonds is 5. The molecule has 1 atom stereocenters. The molecule has 1 aliphatic carbocycles. The standard InChI is InChI=1S/C15H23NO/c1-11-4-5-13(8-12(11)2)9-16-15(3,10-17)14-6-7-14/h4-5,8,14,16-17H,6-7,9-10H2,1-3H3. The Bertz CT molecular complexity index is 398. The molecule has 1 aliphatic rings. The molecular formula is C15H23NO. The van der Waals surface area contributed by atoms with Crippen molar-refractivity contribution in [1.82, 2.24) is 5.32 Å². The minimum atomic E-state index is -0.0984. The molecule has 0 heterocycles. The Labute approximate surface area is 104 Å². The van der Waals surface area contributed by atoms with Gasteiger partial charge in [-0.25, -0.2) is 0 Å². The molecule has 1 aromatic rings. The van der Waals surface area contributed by atoms with Gasteiger partial charge in [-0.1, -0.05) is 18.2 Å². The van der Waals surface area contributed by atoms with Gasteiger partial charge >= 0.3 is 0 Å². The molecule has 2 nitrogen and oxygen atoms in total. The Kier molecular flexibility index (Phi) is 3.55. The van der Waals surface area contributed by atoms with Crippen LogP contribution in [0.2, 0.25) is 0 Å². The minimum Gasteiger partial charge on any atom is -0.394 e. The Balaban J connectivity index is 1.98. The van der Waals surface area contributed by atoms with Gasteiger partial charge in [0.2, 0.25) is 0 Å². The van der Waals surface area contributed by atoms with Crippen LogP contribution in [0.5, 0.6) is 0 Å². The van der Waals surface area contributed by atoms with Gasteiger partial charge in [-0.2, -0.15) is 0 Å². The van der Waals surface area contributed by atoms with Gasteiger partial charge in [0.05, 0.1) is 6.61 Å². The van der Waals surface area contributed by atoms with Crippen molar-refractivity contribution in [2.24, 2.45) is 5.92 Å². The van der Waals surface area contributed by atoms with Gasteiger partial charge < -0.3 is 10.4 Å². The number of nitrogens with one attached hydrogen (secondary N) is 1. The van der Waals surface area contributed by atoms with Gasteiger partial charge in [0.25, 0.3) is 0 Å². The monoisotopic (exact) mass is 233 g/mol. The van der Waals surface area contributed by atoms with E-state index < -0.39 is 0 Å². The molecule has 0 saturated heterocycles. The van der Waals surface area contributed by atoms with Crippen molar-refractivity contribution in [1.29, 1.82) is 0 Å². The Morgan fingerprint density at radius 3 is 2.53 bits per heavy atom. The topological polar surface area (TPSA) is 32.3 Å². The lowest BCUT2D eigenvalue weighted by atomic mass is 9.96. The third-order valence-electron chi connectivity index (χ3n) is 4.07. The summed E-state index contributed by atoms with van der Waals surface area (Å²) in [7, 11) is 0. The first kappa shape index (κ1) is 12.6. The summed E-state index contributed by atoms with van der Waals surface area (Å²) in [5, 5.41) is 13.0. The molecule has 0 radical (unpaired) electrons. The predicted molar refractivity (Wildman–Crippen MR) is 71.0 cm³/mol. The molecule has 0 bridgehead atoms. The lowest BCUT2D eigenvalue weighted by molar-refractivity contribution is 0.153. The fourth-order valence-corrected chi connectivity index (χ4v) is 2.27. The third kappa shape index (κ3) is 2.88. The van der Waals surface area contributed by atoms with Gasteiger partial charge in [-0.3, -0.25) is 0 Å². The normalized spacial score (nSPS) is 19.1. The van der Waals surface area contributed by atoms with E-state index in [0.29, 0.717) is 5.92 Å². The van der Waals surface area contributed by atoms with Crippen molar-refractivity contribution >= 4 is 0 Å². The van der Waals surface area contributed by atoms with Crippen molar-refractivity contribution in [2.75, 3.05) is 6.61 Å². The van der Waals surface area contributed by atoms with Crippen LogP contribution in [0.4, 0.5) is 0 Å². The lowest BCUT2D eigenvalue weighted by Gasteiger charge is -2.29. The first-order valence-corrected chi connectivity index (χ1v) is 6.47. The predicted octanol–water partition coefficient (Wildman–Crippen LogP) is 2.55. The first-order valence-electron chi connectivity index (χ1n) is 6.47. The van der Waals surface area contributed by atoms with Crippen LogP contribution < -0.4 is 5.32 Å². The molecular weight excluding hydrogens is 210 g/mol. The van der Waals surface area contributed by atoms with Crippen molar-refractivity contribution < 1.29 is 5.11 Å². The summed E-state index contributed by atoms with van der Waals surface area (Å²) in [5.74, 6) is 0.652. The Hall–Kier alpha value is -0.860. The molecule has 2 rings (SSSR count). The van der Waals surface area contributed by atoms with Crippen LogP contribution in [0.1, 0.15) is 36.5 Å². The molecule has 94 valence electrons. The number of aliphatic hydroxyl groups is 1. The SMILES string of the molecule is Cc1ccc(CNC(C)(CO)C2CC2)cc1C. The summed E-state index contributed by atoms with van der Waals surface area (Å²) in [4.78, 5) is 0. The highest BCUT2D eigenvalue weighted by Gasteiger charge is 2.40. The summed E-state index contributed by atoms with van der Waals surface area (Å²) in [6, 6.07) is 6.56. The van der Waals surface area contributed by atoms with Gasteiger partial charge in [-0.15, -0.1) is 0 Å². The fraction of sp³-hybridized carbons (Fsp3) is 0.600. The van der Waals surface area contributed by atoms with E-state index in [1.807, 2.05) is 0 Å². The molecule has 17 heavy (non-hydrogen) atoms. The maximum Gasteiger partial charge on any atom is 0.0613 e. The van der Waals surface area contributed by atoms with E-state index in [4.69, 9.17) is 0 Å². The summed E-state index contributed by atoms with van der Waals surface area (Å²) < 4.78 is 0. The van der Waals surface area contributed by atoms with Crippen LogP contribution in [-0.2, 0) is 6.54 Å². The van der Waals surface area contributed by atoms with E-state index in [9.17, 15) is 5.11 Å². The zero-order valence-corrected chi connectivity index (χ0v) is 11.1. The van der Waals surface area contributed by atoms with Crippen molar-refractivity contribution in [2.45, 2.75) is 45.7 Å². The number of benzene rings is 1. The maximum absolute atomic E-state index is 9.51. The zero-order chi connectivity index (χ0) is 12.5. The van der Waals surface area contributed by atoms with Gasteiger partial charge in [0, 0.05) is 12.1 Å².